The third-order valence-corrected chi connectivity index (χ3v) is 5.95. The average molecular weight is 489 g/mol. The van der Waals surface area contributed by atoms with Crippen LogP contribution in [0.1, 0.15) is 107 Å². The molecule has 6 nitrogen and oxygen atoms in total. The highest BCUT2D eigenvalue weighted by Crippen LogP contribution is 2.13. The lowest BCUT2D eigenvalue weighted by Gasteiger charge is -2.38. The zero-order chi connectivity index (χ0) is 26.9. The number of carboxylic acids is 2. The second-order valence-corrected chi connectivity index (χ2v) is 9.48. The summed E-state index contributed by atoms with van der Waals surface area (Å²) >= 11 is 0. The molecule has 0 aromatic carbocycles. The molecule has 0 aliphatic heterocycles. The number of quaternary nitrogens is 2. The summed E-state index contributed by atoms with van der Waals surface area (Å²) in [6.07, 6.45) is 11.8. The highest BCUT2D eigenvalue weighted by atomic mass is 16.4. The van der Waals surface area contributed by atoms with Gasteiger partial charge in [0.25, 0.3) is 0 Å². The Hall–Kier alpha value is -1.40. The van der Waals surface area contributed by atoms with Gasteiger partial charge in [-0.25, -0.2) is 9.59 Å². The average Bonchev–Trinajstić information content (AvgIpc) is 2.75. The van der Waals surface area contributed by atoms with Crippen LogP contribution in [0.2, 0.25) is 0 Å². The summed E-state index contributed by atoms with van der Waals surface area (Å²) in [4.78, 5) is 19.1. The Morgan fingerprint density at radius 1 is 0.441 bits per heavy atom. The molecule has 0 aliphatic rings. The lowest BCUT2D eigenvalue weighted by molar-refractivity contribution is -0.928. The van der Waals surface area contributed by atoms with E-state index in [-0.39, 0.29) is 0 Å². The predicted octanol–water partition coefficient (Wildman–Crippen LogP) is 6.60. The Kier molecular flexibility index (Phi) is 27.0. The van der Waals surface area contributed by atoms with Crippen LogP contribution < -0.4 is 0 Å². The van der Waals surface area contributed by atoms with E-state index in [1.807, 2.05) is 0 Å². The van der Waals surface area contributed by atoms with E-state index >= 15 is 0 Å². The van der Waals surface area contributed by atoms with Gasteiger partial charge in [-0.2, -0.15) is 0 Å². The zero-order valence-corrected chi connectivity index (χ0v) is 24.1. The molecule has 0 aliphatic carbocycles. The summed E-state index contributed by atoms with van der Waals surface area (Å²) in [7, 11) is 0. The number of nitrogens with zero attached hydrogens (tertiary/aromatic N) is 2. The van der Waals surface area contributed by atoms with E-state index in [1.54, 1.807) is 0 Å². The maximum Gasteiger partial charge on any atom is 0.328 e. The van der Waals surface area contributed by atoms with Gasteiger partial charge in [0.15, 0.2) is 0 Å². The van der Waals surface area contributed by atoms with Gasteiger partial charge in [0.2, 0.25) is 0 Å². The zero-order valence-electron chi connectivity index (χ0n) is 24.1. The molecule has 0 heterocycles. The van der Waals surface area contributed by atoms with Crippen molar-refractivity contribution >= 4 is 11.9 Å². The lowest BCUT2D eigenvalue weighted by atomic mass is 10.2. The fraction of sp³-hybridized carbons (Fsp3) is 0.857. The molecule has 204 valence electrons. The molecule has 0 unspecified atom stereocenters. The Morgan fingerprint density at radius 2 is 0.588 bits per heavy atom. The van der Waals surface area contributed by atoms with E-state index in [0.29, 0.717) is 12.2 Å². The van der Waals surface area contributed by atoms with Gasteiger partial charge in [-0.1, -0.05) is 55.4 Å². The molecule has 6 heteroatoms. The van der Waals surface area contributed by atoms with Gasteiger partial charge in [0.05, 0.1) is 52.4 Å². The van der Waals surface area contributed by atoms with Crippen LogP contribution in [-0.2, 0) is 9.59 Å². The summed E-state index contributed by atoms with van der Waals surface area (Å²) in [5, 5.41) is 15.6. The lowest BCUT2D eigenvalue weighted by Crippen LogP contribution is -2.50. The fourth-order valence-corrected chi connectivity index (χ4v) is 5.28. The van der Waals surface area contributed by atoms with Crippen LogP contribution in [0.3, 0.4) is 0 Å². The minimum Gasteiger partial charge on any atom is -0.478 e. The van der Waals surface area contributed by atoms with Crippen LogP contribution in [0.15, 0.2) is 12.2 Å². The van der Waals surface area contributed by atoms with Gasteiger partial charge >= 0.3 is 11.9 Å². The molecule has 0 radical (unpaired) electrons. The van der Waals surface area contributed by atoms with Crippen molar-refractivity contribution < 1.29 is 28.8 Å². The number of hydrogen-bond donors (Lipinski definition) is 2. The van der Waals surface area contributed by atoms with Crippen molar-refractivity contribution in [3.05, 3.63) is 12.2 Å². The summed E-state index contributed by atoms with van der Waals surface area (Å²) in [6, 6.07) is 0. The van der Waals surface area contributed by atoms with Gasteiger partial charge in [0.1, 0.15) is 0 Å². The Morgan fingerprint density at radius 3 is 0.676 bits per heavy atom. The standard InChI is InChI=1S/2C12H28N.C4H4O4/c2*1-5-9-13(10-6-2,11-7-3)12-8-4;5-3(6)1-2-4(7)8/h2*5-12H2,1-4H3;1-2H,(H,5,6)(H,7,8)/q2*+1;/b;;2-1-. The molecule has 0 rings (SSSR count). The van der Waals surface area contributed by atoms with Crippen molar-refractivity contribution in [3.63, 3.8) is 0 Å². The topological polar surface area (TPSA) is 74.6 Å². The van der Waals surface area contributed by atoms with Crippen LogP contribution in [0, 0.1) is 0 Å². The molecule has 0 atom stereocenters. The van der Waals surface area contributed by atoms with Crippen molar-refractivity contribution in [2.45, 2.75) is 107 Å². The van der Waals surface area contributed by atoms with E-state index in [0.717, 1.165) is 0 Å². The first-order valence-corrected chi connectivity index (χ1v) is 14.0. The number of rotatable bonds is 18. The Labute approximate surface area is 212 Å². The summed E-state index contributed by atoms with van der Waals surface area (Å²) in [5.74, 6) is -2.51. The monoisotopic (exact) mass is 488 g/mol. The first-order valence-electron chi connectivity index (χ1n) is 14.0. The van der Waals surface area contributed by atoms with Crippen molar-refractivity contribution in [1.82, 2.24) is 0 Å². The molecule has 0 saturated heterocycles. The summed E-state index contributed by atoms with van der Waals surface area (Å²) < 4.78 is 2.75. The number of carbonyl (C=O) groups is 2. The number of hydrogen-bond acceptors (Lipinski definition) is 2. The minimum absolute atomic E-state index is 0.558. The third-order valence-electron chi connectivity index (χ3n) is 5.95. The van der Waals surface area contributed by atoms with Gasteiger partial charge in [-0.05, 0) is 51.4 Å². The minimum atomic E-state index is -1.26. The SMILES string of the molecule is CCC[N+](CCC)(CCC)CCC.CCC[N+](CCC)(CCC)CCC.O=C(O)/C=C\C(=O)O. The third kappa shape index (κ3) is 21.2. The maximum absolute atomic E-state index is 9.55. The second kappa shape index (κ2) is 24.7. The van der Waals surface area contributed by atoms with E-state index < -0.39 is 11.9 Å². The van der Waals surface area contributed by atoms with E-state index in [9.17, 15) is 9.59 Å². The number of carboxylic acid groups (broad SMARTS) is 2. The van der Waals surface area contributed by atoms with Gasteiger partial charge < -0.3 is 19.2 Å². The smallest absolute Gasteiger partial charge is 0.328 e. The van der Waals surface area contributed by atoms with Gasteiger partial charge in [0, 0.05) is 12.2 Å². The molecule has 0 aromatic heterocycles. The number of aliphatic carboxylic acids is 2. The highest BCUT2D eigenvalue weighted by Gasteiger charge is 2.23. The van der Waals surface area contributed by atoms with Crippen molar-refractivity contribution in [1.29, 1.82) is 0 Å². The molecule has 0 fully saturated rings. The fourth-order valence-electron chi connectivity index (χ4n) is 5.28. The van der Waals surface area contributed by atoms with Crippen molar-refractivity contribution in [2.75, 3.05) is 52.4 Å². The molecule has 0 aromatic rings. The van der Waals surface area contributed by atoms with E-state index in [2.05, 4.69) is 55.4 Å². The Bertz CT molecular complexity index is 404. The van der Waals surface area contributed by atoms with Gasteiger partial charge in [-0.3, -0.25) is 0 Å². The van der Waals surface area contributed by atoms with Crippen LogP contribution in [0.25, 0.3) is 0 Å². The normalized spacial score (nSPS) is 11.4. The van der Waals surface area contributed by atoms with Crippen LogP contribution in [0.4, 0.5) is 0 Å². The summed E-state index contributed by atoms with van der Waals surface area (Å²) in [6.45, 7) is 29.6. The Balaban J connectivity index is -0.000000438. The van der Waals surface area contributed by atoms with Crippen molar-refractivity contribution in [2.24, 2.45) is 0 Å². The molecule has 0 bridgehead atoms. The molecule has 0 amide bonds. The molecular formula is C28H60N2O4+2. The first-order chi connectivity index (χ1) is 16.1. The second-order valence-electron chi connectivity index (χ2n) is 9.48. The van der Waals surface area contributed by atoms with Crippen LogP contribution >= 0.6 is 0 Å². The highest BCUT2D eigenvalue weighted by molar-refractivity contribution is 5.89. The summed E-state index contributed by atoms with van der Waals surface area (Å²) in [5.41, 5.74) is 0. The largest absolute Gasteiger partial charge is 0.478 e. The molecular weight excluding hydrogens is 428 g/mol. The molecule has 0 saturated carbocycles. The van der Waals surface area contributed by atoms with E-state index in [1.165, 1.54) is 113 Å². The first kappa shape index (κ1) is 37.2. The van der Waals surface area contributed by atoms with Crippen LogP contribution in [0.5, 0.6) is 0 Å². The predicted molar refractivity (Wildman–Crippen MR) is 146 cm³/mol. The van der Waals surface area contributed by atoms with Crippen LogP contribution in [-0.4, -0.2) is 83.5 Å². The molecule has 34 heavy (non-hydrogen) atoms. The van der Waals surface area contributed by atoms with Crippen molar-refractivity contribution in [3.8, 4) is 0 Å². The quantitative estimate of drug-likeness (QED) is 0.168. The van der Waals surface area contributed by atoms with Gasteiger partial charge in [-0.15, -0.1) is 0 Å². The molecule has 2 N–H and O–H groups in total. The van der Waals surface area contributed by atoms with E-state index in [4.69, 9.17) is 10.2 Å². The maximum atomic E-state index is 9.55. The molecule has 0 spiro atoms.